The van der Waals surface area contributed by atoms with Crippen molar-refractivity contribution in [2.75, 3.05) is 13.7 Å². The second-order valence-corrected chi connectivity index (χ2v) is 4.97. The molecule has 1 atom stereocenters. The van der Waals surface area contributed by atoms with Crippen molar-refractivity contribution in [3.63, 3.8) is 0 Å². The molecular weight excluding hydrogens is 240 g/mol. The third kappa shape index (κ3) is 4.33. The number of hydrogen-bond acceptors (Lipinski definition) is 3. The first-order chi connectivity index (χ1) is 9.29. The van der Waals surface area contributed by atoms with E-state index in [0.717, 1.165) is 30.5 Å². The lowest BCUT2D eigenvalue weighted by Crippen LogP contribution is -2.46. The number of hydrogen-bond donors (Lipinski definition) is 2. The molecule has 1 aliphatic heterocycles. The monoisotopic (exact) mass is 262 g/mol. The van der Waals surface area contributed by atoms with E-state index in [9.17, 15) is 4.79 Å². The summed E-state index contributed by atoms with van der Waals surface area (Å²) in [6.45, 7) is 2.16. The molecule has 0 spiro atoms. The van der Waals surface area contributed by atoms with E-state index in [-0.39, 0.29) is 11.9 Å². The molecule has 4 heteroatoms. The number of piperidine rings is 1. The molecule has 1 aromatic rings. The largest absolute Gasteiger partial charge is 0.380 e. The smallest absolute Gasteiger partial charge is 0.237 e. The van der Waals surface area contributed by atoms with E-state index in [4.69, 9.17) is 4.74 Å². The Kier molecular flexibility index (Phi) is 5.36. The molecule has 1 saturated heterocycles. The summed E-state index contributed by atoms with van der Waals surface area (Å²) in [6, 6.07) is 8.11. The predicted octanol–water partition coefficient (Wildman–Crippen LogP) is 1.59. The Morgan fingerprint density at radius 1 is 1.32 bits per heavy atom. The number of nitrogens with one attached hydrogen (secondary N) is 2. The molecule has 1 heterocycles. The molecular formula is C15H22N2O2. The van der Waals surface area contributed by atoms with Gasteiger partial charge in [-0.05, 0) is 30.5 Å². The minimum absolute atomic E-state index is 0.0125. The molecule has 2 rings (SSSR count). The van der Waals surface area contributed by atoms with Gasteiger partial charge in [-0.3, -0.25) is 4.79 Å². The van der Waals surface area contributed by atoms with Crippen molar-refractivity contribution in [2.24, 2.45) is 0 Å². The number of carbonyl (C=O) groups is 1. The van der Waals surface area contributed by atoms with Crippen LogP contribution in [-0.4, -0.2) is 25.6 Å². The van der Waals surface area contributed by atoms with Crippen LogP contribution >= 0.6 is 0 Å². The average molecular weight is 262 g/mol. The first-order valence-corrected chi connectivity index (χ1v) is 6.87. The highest BCUT2D eigenvalue weighted by Gasteiger charge is 2.19. The molecule has 0 aromatic heterocycles. The Hall–Kier alpha value is -1.39. The van der Waals surface area contributed by atoms with Gasteiger partial charge in [-0.2, -0.15) is 0 Å². The lowest BCUT2D eigenvalue weighted by atomic mass is 10.0. The van der Waals surface area contributed by atoms with Crippen LogP contribution in [0.25, 0.3) is 0 Å². The van der Waals surface area contributed by atoms with Gasteiger partial charge >= 0.3 is 0 Å². The van der Waals surface area contributed by atoms with Gasteiger partial charge in [-0.15, -0.1) is 0 Å². The molecule has 1 fully saturated rings. The van der Waals surface area contributed by atoms with E-state index in [1.165, 1.54) is 6.42 Å². The van der Waals surface area contributed by atoms with Crippen LogP contribution in [0.4, 0.5) is 0 Å². The van der Waals surface area contributed by atoms with Crippen molar-refractivity contribution in [2.45, 2.75) is 38.5 Å². The molecule has 1 aromatic carbocycles. The van der Waals surface area contributed by atoms with E-state index < -0.39 is 0 Å². The molecule has 0 aliphatic carbocycles. The Bertz CT molecular complexity index is 397. The molecule has 0 saturated carbocycles. The molecule has 1 unspecified atom stereocenters. The second kappa shape index (κ2) is 7.26. The summed E-state index contributed by atoms with van der Waals surface area (Å²) < 4.78 is 5.07. The van der Waals surface area contributed by atoms with Gasteiger partial charge in [-0.1, -0.05) is 30.7 Å². The van der Waals surface area contributed by atoms with Gasteiger partial charge < -0.3 is 15.4 Å². The van der Waals surface area contributed by atoms with Crippen LogP contribution in [0, 0.1) is 0 Å². The van der Waals surface area contributed by atoms with Crippen molar-refractivity contribution in [3.05, 3.63) is 35.4 Å². The van der Waals surface area contributed by atoms with Crippen LogP contribution in [0.1, 0.15) is 30.4 Å². The fourth-order valence-electron chi connectivity index (χ4n) is 2.31. The zero-order valence-corrected chi connectivity index (χ0v) is 11.4. The predicted molar refractivity (Wildman–Crippen MR) is 74.6 cm³/mol. The van der Waals surface area contributed by atoms with Gasteiger partial charge in [0.05, 0.1) is 12.6 Å². The van der Waals surface area contributed by atoms with E-state index in [0.29, 0.717) is 13.2 Å². The van der Waals surface area contributed by atoms with E-state index in [1.54, 1.807) is 7.11 Å². The van der Waals surface area contributed by atoms with Crippen LogP contribution in [-0.2, 0) is 22.7 Å². The fraction of sp³-hybridized carbons (Fsp3) is 0.533. The fourth-order valence-corrected chi connectivity index (χ4v) is 2.31. The maximum absolute atomic E-state index is 11.9. The standard InChI is InChI=1S/C15H22N2O2/c1-19-11-13-7-5-12(6-8-13)10-17-15(18)14-4-2-3-9-16-14/h5-8,14,16H,2-4,9-11H2,1H3,(H,17,18). The van der Waals surface area contributed by atoms with Gasteiger partial charge in [-0.25, -0.2) is 0 Å². The van der Waals surface area contributed by atoms with Crippen molar-refractivity contribution < 1.29 is 9.53 Å². The Morgan fingerprint density at radius 2 is 2.05 bits per heavy atom. The number of benzene rings is 1. The van der Waals surface area contributed by atoms with E-state index in [2.05, 4.69) is 10.6 Å². The van der Waals surface area contributed by atoms with Gasteiger partial charge in [0.1, 0.15) is 0 Å². The summed E-state index contributed by atoms with van der Waals surface area (Å²) >= 11 is 0. The summed E-state index contributed by atoms with van der Waals surface area (Å²) in [4.78, 5) is 11.9. The first-order valence-electron chi connectivity index (χ1n) is 6.87. The Balaban J connectivity index is 1.79. The van der Waals surface area contributed by atoms with Crippen molar-refractivity contribution in [1.29, 1.82) is 0 Å². The number of ether oxygens (including phenoxy) is 1. The van der Waals surface area contributed by atoms with Gasteiger partial charge in [0, 0.05) is 13.7 Å². The highest BCUT2D eigenvalue weighted by atomic mass is 16.5. The zero-order valence-electron chi connectivity index (χ0n) is 11.4. The Labute approximate surface area is 114 Å². The van der Waals surface area contributed by atoms with E-state index >= 15 is 0 Å². The molecule has 4 nitrogen and oxygen atoms in total. The first kappa shape index (κ1) is 14.0. The van der Waals surface area contributed by atoms with Gasteiger partial charge in [0.25, 0.3) is 0 Å². The SMILES string of the molecule is COCc1ccc(CNC(=O)C2CCCCN2)cc1. The van der Waals surface area contributed by atoms with Gasteiger partial charge in [0.15, 0.2) is 0 Å². The maximum Gasteiger partial charge on any atom is 0.237 e. The van der Waals surface area contributed by atoms with Crippen LogP contribution in [0.15, 0.2) is 24.3 Å². The normalized spacial score (nSPS) is 19.1. The quantitative estimate of drug-likeness (QED) is 0.847. The summed E-state index contributed by atoms with van der Waals surface area (Å²) in [5.74, 6) is 0.112. The van der Waals surface area contributed by atoms with Crippen LogP contribution in [0.2, 0.25) is 0 Å². The highest BCUT2D eigenvalue weighted by molar-refractivity contribution is 5.81. The average Bonchev–Trinajstić information content (AvgIpc) is 2.47. The van der Waals surface area contributed by atoms with Crippen LogP contribution in [0.3, 0.4) is 0 Å². The number of rotatable bonds is 5. The maximum atomic E-state index is 11.9. The molecule has 1 aliphatic rings. The minimum Gasteiger partial charge on any atom is -0.380 e. The summed E-state index contributed by atoms with van der Waals surface area (Å²) in [6.07, 6.45) is 3.25. The van der Waals surface area contributed by atoms with Gasteiger partial charge in [0.2, 0.25) is 5.91 Å². The zero-order chi connectivity index (χ0) is 13.5. The molecule has 0 radical (unpaired) electrons. The highest BCUT2D eigenvalue weighted by Crippen LogP contribution is 2.08. The third-order valence-electron chi connectivity index (χ3n) is 3.43. The number of methoxy groups -OCH3 is 1. The Morgan fingerprint density at radius 3 is 2.68 bits per heavy atom. The minimum atomic E-state index is -0.0125. The number of carbonyl (C=O) groups excluding carboxylic acids is 1. The molecule has 1 amide bonds. The molecule has 0 bridgehead atoms. The summed E-state index contributed by atoms with van der Waals surface area (Å²) in [5, 5.41) is 6.24. The number of amides is 1. The molecule has 19 heavy (non-hydrogen) atoms. The lowest BCUT2D eigenvalue weighted by molar-refractivity contribution is -0.123. The van der Waals surface area contributed by atoms with Crippen LogP contribution < -0.4 is 10.6 Å². The molecule has 2 N–H and O–H groups in total. The third-order valence-corrected chi connectivity index (χ3v) is 3.43. The van der Waals surface area contributed by atoms with Crippen molar-refractivity contribution >= 4 is 5.91 Å². The summed E-state index contributed by atoms with van der Waals surface area (Å²) in [5.41, 5.74) is 2.26. The van der Waals surface area contributed by atoms with Crippen LogP contribution in [0.5, 0.6) is 0 Å². The summed E-state index contributed by atoms with van der Waals surface area (Å²) in [7, 11) is 1.69. The second-order valence-electron chi connectivity index (χ2n) is 4.97. The topological polar surface area (TPSA) is 50.4 Å². The van der Waals surface area contributed by atoms with E-state index in [1.807, 2.05) is 24.3 Å². The van der Waals surface area contributed by atoms with Crippen molar-refractivity contribution in [3.8, 4) is 0 Å². The molecule has 104 valence electrons. The van der Waals surface area contributed by atoms with Crippen molar-refractivity contribution in [1.82, 2.24) is 10.6 Å². The lowest BCUT2D eigenvalue weighted by Gasteiger charge is -2.22.